The van der Waals surface area contributed by atoms with Crippen LogP contribution < -0.4 is 5.06 Å². The lowest BCUT2D eigenvalue weighted by Gasteiger charge is -2.33. The van der Waals surface area contributed by atoms with Crippen LogP contribution in [0.3, 0.4) is 0 Å². The van der Waals surface area contributed by atoms with E-state index in [0.29, 0.717) is 5.06 Å². The number of nitrogens with one attached hydrogen (secondary N) is 1. The predicted octanol–water partition coefficient (Wildman–Crippen LogP) is 1.63. The average molecular weight is 169 g/mol. The summed E-state index contributed by atoms with van der Waals surface area (Å²) >= 11 is 0. The molecule has 0 radical (unpaired) electrons. The van der Waals surface area contributed by atoms with E-state index >= 15 is 0 Å². The van der Waals surface area contributed by atoms with Crippen molar-refractivity contribution in [2.45, 2.75) is 51.5 Å². The zero-order valence-corrected chi connectivity index (χ0v) is 8.10. The van der Waals surface area contributed by atoms with Gasteiger partial charge in [-0.1, -0.05) is 19.8 Å². The Morgan fingerprint density at radius 3 is 2.75 bits per heavy atom. The molecule has 0 fully saturated rings. The first-order valence-corrected chi connectivity index (χ1v) is 4.90. The zero-order chi connectivity index (χ0) is 9.03. The fourth-order valence-electron chi connectivity index (χ4n) is 1.72. The molecule has 0 amide bonds. The van der Waals surface area contributed by atoms with Crippen LogP contribution in [0.4, 0.5) is 0 Å². The van der Waals surface area contributed by atoms with Crippen molar-refractivity contribution in [3.63, 3.8) is 0 Å². The van der Waals surface area contributed by atoms with Gasteiger partial charge in [-0.15, -0.1) is 0 Å². The van der Waals surface area contributed by atoms with Crippen molar-refractivity contribution in [1.29, 1.82) is 0 Å². The molecular formula is C10H19NO. The predicted molar refractivity (Wildman–Crippen MR) is 50.6 cm³/mol. The van der Waals surface area contributed by atoms with E-state index in [2.05, 4.69) is 13.8 Å². The lowest BCUT2D eigenvalue weighted by atomic mass is 9.93. The summed E-state index contributed by atoms with van der Waals surface area (Å²) in [4.78, 5) is 0. The van der Waals surface area contributed by atoms with Gasteiger partial charge in [0.25, 0.3) is 0 Å². The topological polar surface area (TPSA) is 27.5 Å². The van der Waals surface area contributed by atoms with Crippen molar-refractivity contribution in [3.8, 4) is 0 Å². The first-order valence-electron chi connectivity index (χ1n) is 4.90. The Bertz CT molecular complexity index is 167. The summed E-state index contributed by atoms with van der Waals surface area (Å²) in [5.74, 6) is 0. The van der Waals surface area contributed by atoms with Crippen LogP contribution in [0, 0.1) is 5.21 Å². The second-order valence-electron chi connectivity index (χ2n) is 3.99. The van der Waals surface area contributed by atoms with Gasteiger partial charge in [-0.3, -0.25) is 0 Å². The summed E-state index contributed by atoms with van der Waals surface area (Å²) < 4.78 is 0. The van der Waals surface area contributed by atoms with Crippen molar-refractivity contribution in [1.82, 2.24) is 0 Å². The zero-order valence-electron chi connectivity index (χ0n) is 8.10. The Labute approximate surface area is 74.8 Å². The Hall–Kier alpha value is -0.340. The molecule has 2 heteroatoms. The Kier molecular flexibility index (Phi) is 3.29. The van der Waals surface area contributed by atoms with Crippen molar-refractivity contribution in [2.24, 2.45) is 0 Å². The molecule has 1 heterocycles. The van der Waals surface area contributed by atoms with E-state index in [1.54, 1.807) is 6.20 Å². The van der Waals surface area contributed by atoms with E-state index in [0.717, 1.165) is 12.8 Å². The average Bonchev–Trinajstić information content (AvgIpc) is 2.34. The second-order valence-corrected chi connectivity index (χ2v) is 3.99. The molecule has 2 atom stereocenters. The van der Waals surface area contributed by atoms with Crippen LogP contribution >= 0.6 is 0 Å². The molecule has 1 N–H and O–H groups in total. The molecule has 2 nitrogen and oxygen atoms in total. The second kappa shape index (κ2) is 4.06. The molecule has 1 aliphatic rings. The van der Waals surface area contributed by atoms with Gasteiger partial charge in [-0.05, 0) is 19.4 Å². The van der Waals surface area contributed by atoms with Crippen LogP contribution in [-0.4, -0.2) is 5.54 Å². The van der Waals surface area contributed by atoms with Gasteiger partial charge >= 0.3 is 0 Å². The summed E-state index contributed by atoms with van der Waals surface area (Å²) in [6.45, 7) is 4.28. The Balaban J connectivity index is 2.30. The number of hydroxylamine groups is 2. The smallest absolute Gasteiger partial charge is 0.102 e. The molecule has 70 valence electrons. The van der Waals surface area contributed by atoms with E-state index in [9.17, 15) is 5.21 Å². The number of unbranched alkanes of at least 4 members (excludes halogenated alkanes) is 2. The van der Waals surface area contributed by atoms with Gasteiger partial charge in [0.2, 0.25) is 0 Å². The molecule has 0 aromatic heterocycles. The van der Waals surface area contributed by atoms with Crippen molar-refractivity contribution < 1.29 is 5.06 Å². The third-order valence-corrected chi connectivity index (χ3v) is 2.76. The molecule has 1 rings (SSSR count). The van der Waals surface area contributed by atoms with E-state index in [1.807, 2.05) is 6.08 Å². The fraction of sp³-hybridized carbons (Fsp3) is 0.800. The third-order valence-electron chi connectivity index (χ3n) is 2.76. The monoisotopic (exact) mass is 169 g/mol. The van der Waals surface area contributed by atoms with Gasteiger partial charge in [0, 0.05) is 12.8 Å². The highest BCUT2D eigenvalue weighted by atomic mass is 16.5. The molecular weight excluding hydrogens is 150 g/mol. The maximum atomic E-state index is 11.4. The summed E-state index contributed by atoms with van der Waals surface area (Å²) in [7, 11) is 0. The van der Waals surface area contributed by atoms with Gasteiger partial charge in [-0.2, -0.15) is 0 Å². The van der Waals surface area contributed by atoms with Crippen molar-refractivity contribution in [2.75, 3.05) is 0 Å². The molecule has 1 aliphatic heterocycles. The normalized spacial score (nSPS) is 34.4. The van der Waals surface area contributed by atoms with Crippen LogP contribution in [0.1, 0.15) is 46.0 Å². The van der Waals surface area contributed by atoms with Crippen LogP contribution in [0.15, 0.2) is 12.3 Å². The van der Waals surface area contributed by atoms with Crippen LogP contribution in [0.2, 0.25) is 0 Å². The van der Waals surface area contributed by atoms with Gasteiger partial charge in [0.05, 0.1) is 6.20 Å². The van der Waals surface area contributed by atoms with E-state index in [4.69, 9.17) is 0 Å². The minimum Gasteiger partial charge on any atom is -0.629 e. The molecule has 0 spiro atoms. The van der Waals surface area contributed by atoms with Crippen LogP contribution in [0.25, 0.3) is 0 Å². The third kappa shape index (κ3) is 2.08. The van der Waals surface area contributed by atoms with Crippen LogP contribution in [-0.2, 0) is 0 Å². The number of quaternary nitrogens is 1. The quantitative estimate of drug-likeness (QED) is 0.502. The maximum Gasteiger partial charge on any atom is 0.102 e. The van der Waals surface area contributed by atoms with Gasteiger partial charge in [-0.25, -0.2) is 0 Å². The maximum absolute atomic E-state index is 11.4. The van der Waals surface area contributed by atoms with E-state index in [1.165, 1.54) is 19.3 Å². The highest BCUT2D eigenvalue weighted by Gasteiger charge is 2.31. The molecule has 0 aromatic carbocycles. The summed E-state index contributed by atoms with van der Waals surface area (Å²) in [5, 5.41) is 11.7. The molecule has 0 aliphatic carbocycles. The lowest BCUT2D eigenvalue weighted by molar-refractivity contribution is -0.845. The minimum absolute atomic E-state index is 0.0465. The highest BCUT2D eigenvalue weighted by molar-refractivity contribution is 4.92. The number of rotatable bonds is 4. The van der Waals surface area contributed by atoms with Gasteiger partial charge in [0.1, 0.15) is 5.54 Å². The van der Waals surface area contributed by atoms with Gasteiger partial charge in [0.15, 0.2) is 0 Å². The van der Waals surface area contributed by atoms with Crippen molar-refractivity contribution in [3.05, 3.63) is 17.5 Å². The molecule has 0 saturated heterocycles. The standard InChI is InChI=1S/C10H19NO/c1-3-4-5-7-10(2)8-6-9-11(10)12/h6,9,11H,3-5,7-8H2,1-2H3. The highest BCUT2D eigenvalue weighted by Crippen LogP contribution is 2.18. The first kappa shape index (κ1) is 9.75. The van der Waals surface area contributed by atoms with E-state index < -0.39 is 0 Å². The number of hydrogen-bond acceptors (Lipinski definition) is 1. The number of hydrogen-bond donors (Lipinski definition) is 1. The molecule has 0 bridgehead atoms. The SMILES string of the molecule is CCCCCC1(C)CC=C[NH+]1[O-]. The Morgan fingerprint density at radius 2 is 2.25 bits per heavy atom. The summed E-state index contributed by atoms with van der Waals surface area (Å²) in [5.41, 5.74) is -0.0465. The fourth-order valence-corrected chi connectivity index (χ4v) is 1.72. The molecule has 0 saturated carbocycles. The first-order chi connectivity index (χ1) is 5.69. The van der Waals surface area contributed by atoms with Crippen LogP contribution in [0.5, 0.6) is 0 Å². The lowest BCUT2D eigenvalue weighted by Crippen LogP contribution is -3.10. The van der Waals surface area contributed by atoms with Crippen molar-refractivity contribution >= 4 is 0 Å². The molecule has 12 heavy (non-hydrogen) atoms. The van der Waals surface area contributed by atoms with E-state index in [-0.39, 0.29) is 5.54 Å². The van der Waals surface area contributed by atoms with Gasteiger partial charge < -0.3 is 10.3 Å². The Morgan fingerprint density at radius 1 is 1.50 bits per heavy atom. The summed E-state index contributed by atoms with van der Waals surface area (Å²) in [6.07, 6.45) is 9.45. The minimum atomic E-state index is -0.0465. The molecule has 2 unspecified atom stereocenters. The largest absolute Gasteiger partial charge is 0.629 e. The molecule has 0 aromatic rings. The summed E-state index contributed by atoms with van der Waals surface area (Å²) in [6, 6.07) is 0.